The number of amides is 4. The molecule has 0 fully saturated rings. The molecular formula is C33H41N4O8P. The summed E-state index contributed by atoms with van der Waals surface area (Å²) in [6.07, 6.45) is 2.96. The number of carbonyl (C=O) groups excluding carboxylic acids is 5. The predicted molar refractivity (Wildman–Crippen MR) is 173 cm³/mol. The quantitative estimate of drug-likeness (QED) is 0.170. The van der Waals surface area contributed by atoms with Crippen molar-refractivity contribution in [3.8, 4) is 0 Å². The fourth-order valence-corrected chi connectivity index (χ4v) is 6.51. The van der Waals surface area contributed by atoms with Gasteiger partial charge in [-0.25, -0.2) is 0 Å². The van der Waals surface area contributed by atoms with Gasteiger partial charge in [-0.05, 0) is 60.3 Å². The molecule has 0 unspecified atom stereocenters. The molecule has 0 saturated carbocycles. The summed E-state index contributed by atoms with van der Waals surface area (Å²) >= 11 is 0. The summed E-state index contributed by atoms with van der Waals surface area (Å²) in [5.74, 6) is -1.44. The van der Waals surface area contributed by atoms with E-state index >= 15 is 0 Å². The Bertz CT molecular complexity index is 1610. The Hall–Kier alpha value is -4.12. The number of allylic oxidation sites excluding steroid dienone is 1. The van der Waals surface area contributed by atoms with Crippen molar-refractivity contribution in [2.45, 2.75) is 77.9 Å². The molecule has 2 aromatic rings. The number of para-hydroxylation sites is 1. The molecule has 12 nitrogen and oxygen atoms in total. The molecule has 246 valence electrons. The van der Waals surface area contributed by atoms with E-state index in [1.54, 1.807) is 6.92 Å². The second kappa shape index (κ2) is 14.1. The highest BCUT2D eigenvalue weighted by molar-refractivity contribution is 7.70. The highest BCUT2D eigenvalue weighted by Gasteiger charge is 2.44. The van der Waals surface area contributed by atoms with Crippen molar-refractivity contribution in [2.75, 3.05) is 4.90 Å². The van der Waals surface area contributed by atoms with Gasteiger partial charge in [0, 0.05) is 30.5 Å². The monoisotopic (exact) mass is 652 g/mol. The van der Waals surface area contributed by atoms with Crippen LogP contribution in [0.1, 0.15) is 74.0 Å². The van der Waals surface area contributed by atoms with Crippen molar-refractivity contribution in [2.24, 2.45) is 17.6 Å². The molecule has 46 heavy (non-hydrogen) atoms. The lowest BCUT2D eigenvalue weighted by Gasteiger charge is -2.32. The predicted octanol–water partition coefficient (Wildman–Crippen LogP) is 2.84. The molecule has 13 heteroatoms. The fourth-order valence-electron chi connectivity index (χ4n) is 6.02. The standard InChI is InChI=1S/C33H41N4O8P/c1-18(2)20(4)25(14-15-28(34)38)36-31(40)27-17-24-7-5-6-22-12-13-26(32(41)37(27)30(22)24)35-29(39)16-19(3)21-8-10-23(11-9-21)33(42)46(43,44)45/h5-11,16,18,20,25-27H,12-15,17H2,1-4H3,(H2,34,38)(H,35,39)(H,36,40)(H2,43,44,45)/b19-16+/t20-,25-,26-,27-/m0/s1. The van der Waals surface area contributed by atoms with Gasteiger partial charge in [-0.2, -0.15) is 0 Å². The van der Waals surface area contributed by atoms with Crippen LogP contribution in [0.3, 0.4) is 0 Å². The SMILES string of the molecule is C/C(=C\C(=O)N[C@H]1CCc2cccc3c2N(C1=O)[C@H](C(=O)N[C@@H](CCC(N)=O)[C@@H](C)C(C)C)C3)c1ccc(C(=O)P(=O)(O)O)cc1. The number of hydrogen-bond acceptors (Lipinski definition) is 6. The molecule has 0 radical (unpaired) electrons. The van der Waals surface area contributed by atoms with E-state index in [9.17, 15) is 28.5 Å². The number of primary amides is 1. The van der Waals surface area contributed by atoms with Gasteiger partial charge in [-0.3, -0.25) is 33.4 Å². The number of hydrogen-bond donors (Lipinski definition) is 5. The van der Waals surface area contributed by atoms with Gasteiger partial charge >= 0.3 is 7.60 Å². The van der Waals surface area contributed by atoms with E-state index in [0.717, 1.165) is 11.1 Å². The van der Waals surface area contributed by atoms with Crippen LogP contribution in [0.5, 0.6) is 0 Å². The largest absolute Gasteiger partial charge is 0.396 e. The molecule has 0 spiro atoms. The Morgan fingerprint density at radius 1 is 1.04 bits per heavy atom. The molecule has 0 aliphatic carbocycles. The first-order valence-electron chi connectivity index (χ1n) is 15.3. The molecule has 0 saturated heterocycles. The van der Waals surface area contributed by atoms with E-state index < -0.39 is 42.9 Å². The Kier molecular flexibility index (Phi) is 10.7. The molecule has 0 aromatic heterocycles. The number of aryl methyl sites for hydroxylation is 1. The molecule has 4 rings (SSSR count). The lowest BCUT2D eigenvalue weighted by atomic mass is 9.87. The van der Waals surface area contributed by atoms with Crippen LogP contribution in [0.25, 0.3) is 5.57 Å². The van der Waals surface area contributed by atoms with Gasteiger partial charge in [-0.1, -0.05) is 63.2 Å². The minimum Gasteiger partial charge on any atom is -0.370 e. The summed E-state index contributed by atoms with van der Waals surface area (Å²) < 4.78 is 11.3. The summed E-state index contributed by atoms with van der Waals surface area (Å²) in [5.41, 5.74) is 7.48. The summed E-state index contributed by atoms with van der Waals surface area (Å²) in [6, 6.07) is 9.15. The van der Waals surface area contributed by atoms with Crippen LogP contribution in [0.15, 0.2) is 48.5 Å². The molecule has 2 heterocycles. The molecule has 6 N–H and O–H groups in total. The first-order chi connectivity index (χ1) is 21.6. The van der Waals surface area contributed by atoms with Gasteiger partial charge in [0.2, 0.25) is 23.6 Å². The van der Waals surface area contributed by atoms with E-state index in [-0.39, 0.29) is 35.8 Å². The Balaban J connectivity index is 1.53. The molecule has 2 aliphatic heterocycles. The highest BCUT2D eigenvalue weighted by Crippen LogP contribution is 2.40. The van der Waals surface area contributed by atoms with Gasteiger partial charge in [0.15, 0.2) is 0 Å². The number of nitrogens with one attached hydrogen (secondary N) is 2. The number of benzene rings is 2. The topological polar surface area (TPSA) is 196 Å². The highest BCUT2D eigenvalue weighted by atomic mass is 31.2. The lowest BCUT2D eigenvalue weighted by Crippen LogP contribution is -2.56. The normalized spacial score (nSPS) is 19.2. The van der Waals surface area contributed by atoms with E-state index in [0.29, 0.717) is 42.5 Å². The van der Waals surface area contributed by atoms with Crippen LogP contribution in [0.2, 0.25) is 0 Å². The molecule has 4 atom stereocenters. The van der Waals surface area contributed by atoms with Gasteiger partial charge < -0.3 is 26.2 Å². The Labute approximate surface area is 268 Å². The van der Waals surface area contributed by atoms with Crippen LogP contribution in [-0.2, 0) is 36.6 Å². The second-order valence-electron chi connectivity index (χ2n) is 12.4. The van der Waals surface area contributed by atoms with Crippen molar-refractivity contribution < 1.29 is 38.3 Å². The summed E-state index contributed by atoms with van der Waals surface area (Å²) in [7, 11) is -4.93. The Morgan fingerprint density at radius 2 is 1.67 bits per heavy atom. The molecule has 2 aromatic carbocycles. The first-order valence-corrected chi connectivity index (χ1v) is 16.9. The summed E-state index contributed by atoms with van der Waals surface area (Å²) in [5, 5.41) is 5.90. The third kappa shape index (κ3) is 7.81. The number of nitrogens with zero attached hydrogens (tertiary/aromatic N) is 1. The zero-order chi connectivity index (χ0) is 33.9. The van der Waals surface area contributed by atoms with Crippen LogP contribution < -0.4 is 21.3 Å². The zero-order valence-corrected chi connectivity index (χ0v) is 27.3. The van der Waals surface area contributed by atoms with Crippen LogP contribution in [-0.4, -0.2) is 57.1 Å². The summed E-state index contributed by atoms with van der Waals surface area (Å²) in [6.45, 7) is 7.74. The second-order valence-corrected chi connectivity index (χ2v) is 13.9. The average Bonchev–Trinajstić information content (AvgIpc) is 3.33. The van der Waals surface area contributed by atoms with Crippen molar-refractivity contribution >= 4 is 48.0 Å². The fraction of sp³-hybridized carbons (Fsp3) is 0.424. The first kappa shape index (κ1) is 34.7. The van der Waals surface area contributed by atoms with Crippen LogP contribution in [0.4, 0.5) is 5.69 Å². The number of carbonyl (C=O) groups is 5. The van der Waals surface area contributed by atoms with Crippen LogP contribution >= 0.6 is 7.60 Å². The van der Waals surface area contributed by atoms with E-state index in [1.165, 1.54) is 35.2 Å². The minimum absolute atomic E-state index is 0.0484. The van der Waals surface area contributed by atoms with Crippen molar-refractivity contribution in [1.82, 2.24) is 10.6 Å². The third-order valence-corrected chi connectivity index (χ3v) is 9.73. The number of nitrogens with two attached hydrogens (primary N) is 1. The third-order valence-electron chi connectivity index (χ3n) is 8.94. The van der Waals surface area contributed by atoms with Crippen molar-refractivity contribution in [3.63, 3.8) is 0 Å². The van der Waals surface area contributed by atoms with Gasteiger partial charge in [-0.15, -0.1) is 0 Å². The number of rotatable bonds is 12. The maximum atomic E-state index is 14.1. The Morgan fingerprint density at radius 3 is 2.28 bits per heavy atom. The van der Waals surface area contributed by atoms with Crippen LogP contribution in [0, 0.1) is 11.8 Å². The zero-order valence-electron chi connectivity index (χ0n) is 26.4. The maximum absolute atomic E-state index is 14.1. The van der Waals surface area contributed by atoms with E-state index in [2.05, 4.69) is 10.6 Å². The van der Waals surface area contributed by atoms with Gasteiger partial charge in [0.05, 0.1) is 5.69 Å². The van der Waals surface area contributed by atoms with Gasteiger partial charge in [0.25, 0.3) is 5.52 Å². The van der Waals surface area contributed by atoms with Gasteiger partial charge in [0.1, 0.15) is 12.1 Å². The number of anilines is 1. The van der Waals surface area contributed by atoms with E-state index in [4.69, 9.17) is 15.5 Å². The molecule has 4 amide bonds. The van der Waals surface area contributed by atoms with Crippen molar-refractivity contribution in [3.05, 3.63) is 70.8 Å². The lowest BCUT2D eigenvalue weighted by molar-refractivity contribution is -0.129. The molecule has 2 aliphatic rings. The molecule has 0 bridgehead atoms. The summed E-state index contributed by atoms with van der Waals surface area (Å²) in [4.78, 5) is 84.2. The average molecular weight is 653 g/mol. The maximum Gasteiger partial charge on any atom is 0.396 e. The minimum atomic E-state index is -4.93. The smallest absolute Gasteiger partial charge is 0.370 e. The van der Waals surface area contributed by atoms with Crippen molar-refractivity contribution in [1.29, 1.82) is 0 Å². The van der Waals surface area contributed by atoms with E-state index in [1.807, 2.05) is 39.0 Å². The molecular weight excluding hydrogens is 611 g/mol.